The van der Waals surface area contributed by atoms with Gasteiger partial charge < -0.3 is 14.4 Å². The van der Waals surface area contributed by atoms with Crippen molar-refractivity contribution in [1.82, 2.24) is 9.80 Å². The lowest BCUT2D eigenvalue weighted by Gasteiger charge is -2.37. The zero-order valence-corrected chi connectivity index (χ0v) is 15.9. The number of hydrogen-bond donors (Lipinski definition) is 0. The number of carbonyl (C=O) groups is 1. The number of carbonyl (C=O) groups excluding carboxylic acids is 1. The molecule has 5 nitrogen and oxygen atoms in total. The van der Waals surface area contributed by atoms with Crippen molar-refractivity contribution in [3.8, 4) is 11.5 Å². The molecule has 138 valence electrons. The highest BCUT2D eigenvalue weighted by atomic mass is 16.5. The summed E-state index contributed by atoms with van der Waals surface area (Å²) in [7, 11) is 1.95. The first-order valence-electron chi connectivity index (χ1n) is 9.41. The van der Waals surface area contributed by atoms with Crippen molar-refractivity contribution < 1.29 is 14.3 Å². The van der Waals surface area contributed by atoms with Crippen molar-refractivity contribution in [3.63, 3.8) is 0 Å². The molecule has 2 aliphatic heterocycles. The van der Waals surface area contributed by atoms with Crippen LogP contribution in [0.25, 0.3) is 0 Å². The molecule has 2 aliphatic rings. The molecule has 1 aromatic rings. The van der Waals surface area contributed by atoms with Crippen LogP contribution in [0.3, 0.4) is 0 Å². The van der Waals surface area contributed by atoms with Gasteiger partial charge in [-0.15, -0.1) is 0 Å². The topological polar surface area (TPSA) is 42.0 Å². The first-order valence-corrected chi connectivity index (χ1v) is 9.41. The minimum atomic E-state index is 0.295. The van der Waals surface area contributed by atoms with Crippen LogP contribution in [0.4, 0.5) is 0 Å². The van der Waals surface area contributed by atoms with Crippen molar-refractivity contribution in [3.05, 3.63) is 23.3 Å². The Bertz CT molecular complexity index is 632. The quantitative estimate of drug-likeness (QED) is 0.794. The molecule has 1 amide bonds. The van der Waals surface area contributed by atoms with E-state index in [4.69, 9.17) is 9.47 Å². The SMILES string of the molecule is CCOc1ccc(CN2CC[C@H]3[C@H](CC(=O)N3C)C2)c(OCC)c1C. The average Bonchev–Trinajstić information content (AvgIpc) is 2.87. The van der Waals surface area contributed by atoms with E-state index in [1.807, 2.05) is 25.8 Å². The Kier molecular flexibility index (Phi) is 5.52. The molecule has 0 bridgehead atoms. The van der Waals surface area contributed by atoms with Gasteiger partial charge in [-0.05, 0) is 33.3 Å². The fourth-order valence-electron chi connectivity index (χ4n) is 4.25. The predicted molar refractivity (Wildman–Crippen MR) is 98.1 cm³/mol. The lowest BCUT2D eigenvalue weighted by molar-refractivity contribution is -0.127. The van der Waals surface area contributed by atoms with E-state index in [-0.39, 0.29) is 0 Å². The summed E-state index contributed by atoms with van der Waals surface area (Å²) in [6.45, 7) is 10.3. The summed E-state index contributed by atoms with van der Waals surface area (Å²) in [5.74, 6) is 2.61. The summed E-state index contributed by atoms with van der Waals surface area (Å²) >= 11 is 0. The first kappa shape index (κ1) is 18.1. The van der Waals surface area contributed by atoms with Crippen LogP contribution < -0.4 is 9.47 Å². The Morgan fingerprint density at radius 2 is 1.96 bits per heavy atom. The van der Waals surface area contributed by atoms with Gasteiger partial charge in [-0.25, -0.2) is 0 Å². The number of ether oxygens (including phenoxy) is 2. The van der Waals surface area contributed by atoms with Crippen LogP contribution in [0.1, 0.15) is 37.8 Å². The molecular formula is C20H30N2O3. The molecule has 25 heavy (non-hydrogen) atoms. The fourth-order valence-corrected chi connectivity index (χ4v) is 4.25. The molecule has 0 spiro atoms. The van der Waals surface area contributed by atoms with Crippen molar-refractivity contribution >= 4 is 5.91 Å². The summed E-state index contributed by atoms with van der Waals surface area (Å²) in [6, 6.07) is 4.61. The molecule has 0 saturated carbocycles. The summed E-state index contributed by atoms with van der Waals surface area (Å²) < 4.78 is 11.7. The molecule has 0 aromatic heterocycles. The van der Waals surface area contributed by atoms with Gasteiger partial charge in [-0.3, -0.25) is 9.69 Å². The van der Waals surface area contributed by atoms with Gasteiger partial charge >= 0.3 is 0 Å². The molecule has 3 rings (SSSR count). The number of rotatable bonds is 6. The van der Waals surface area contributed by atoms with Gasteiger partial charge in [-0.1, -0.05) is 6.07 Å². The minimum Gasteiger partial charge on any atom is -0.493 e. The monoisotopic (exact) mass is 346 g/mol. The molecule has 2 heterocycles. The molecule has 1 aromatic carbocycles. The smallest absolute Gasteiger partial charge is 0.222 e. The molecule has 2 atom stereocenters. The van der Waals surface area contributed by atoms with Gasteiger partial charge in [-0.2, -0.15) is 0 Å². The summed E-state index contributed by atoms with van der Waals surface area (Å²) in [6.07, 6.45) is 1.76. The zero-order chi connectivity index (χ0) is 18.0. The van der Waals surface area contributed by atoms with Crippen molar-refractivity contribution in [2.45, 2.75) is 46.2 Å². The molecule has 0 radical (unpaired) electrons. The highest BCUT2D eigenvalue weighted by Gasteiger charge is 2.40. The largest absolute Gasteiger partial charge is 0.493 e. The van der Waals surface area contributed by atoms with Crippen molar-refractivity contribution in [2.24, 2.45) is 5.92 Å². The average molecular weight is 346 g/mol. The van der Waals surface area contributed by atoms with Crippen LogP contribution >= 0.6 is 0 Å². The second kappa shape index (κ2) is 7.65. The normalized spacial score (nSPS) is 23.7. The third-order valence-corrected chi connectivity index (χ3v) is 5.53. The summed E-state index contributed by atoms with van der Waals surface area (Å²) in [4.78, 5) is 16.4. The van der Waals surface area contributed by atoms with Crippen molar-refractivity contribution in [2.75, 3.05) is 33.4 Å². The Balaban J connectivity index is 1.74. The van der Waals surface area contributed by atoms with E-state index in [1.54, 1.807) is 0 Å². The molecule has 5 heteroatoms. The number of likely N-dealkylation sites (tertiary alicyclic amines) is 2. The molecule has 0 N–H and O–H groups in total. The number of fused-ring (bicyclic) bond motifs is 1. The maximum atomic E-state index is 12.0. The van der Waals surface area contributed by atoms with Crippen LogP contribution in [-0.2, 0) is 11.3 Å². The second-order valence-corrected chi connectivity index (χ2v) is 7.10. The van der Waals surface area contributed by atoms with Gasteiger partial charge in [0.2, 0.25) is 5.91 Å². The maximum absolute atomic E-state index is 12.0. The molecule has 2 fully saturated rings. The lowest BCUT2D eigenvalue weighted by atomic mass is 9.92. The fraction of sp³-hybridized carbons (Fsp3) is 0.650. The Morgan fingerprint density at radius 1 is 1.20 bits per heavy atom. The molecule has 0 unspecified atom stereocenters. The highest BCUT2D eigenvalue weighted by molar-refractivity contribution is 5.79. The summed E-state index contributed by atoms with van der Waals surface area (Å²) in [5, 5.41) is 0. The number of amides is 1. The van der Waals surface area contributed by atoms with Crippen LogP contribution in [-0.4, -0.2) is 55.1 Å². The van der Waals surface area contributed by atoms with Crippen LogP contribution in [0, 0.1) is 12.8 Å². The number of benzene rings is 1. The van der Waals surface area contributed by atoms with Crippen molar-refractivity contribution in [1.29, 1.82) is 0 Å². The van der Waals surface area contributed by atoms with Crippen LogP contribution in [0.2, 0.25) is 0 Å². The highest BCUT2D eigenvalue weighted by Crippen LogP contribution is 2.35. The standard InChI is InChI=1S/C20H30N2O3/c1-5-24-18-8-7-15(20(14(18)3)25-6-2)12-22-10-9-17-16(13-22)11-19(23)21(17)4/h7-8,16-17H,5-6,9-13H2,1-4H3/t16-,17+/m1/s1. The van der Waals surface area contributed by atoms with Gasteiger partial charge in [0.15, 0.2) is 0 Å². The summed E-state index contributed by atoms with van der Waals surface area (Å²) in [5.41, 5.74) is 2.28. The van der Waals surface area contributed by atoms with E-state index in [9.17, 15) is 4.79 Å². The number of hydrogen-bond acceptors (Lipinski definition) is 4. The molecular weight excluding hydrogens is 316 g/mol. The predicted octanol–water partition coefficient (Wildman–Crippen LogP) is 2.85. The van der Waals surface area contributed by atoms with E-state index >= 15 is 0 Å². The van der Waals surface area contributed by atoms with Gasteiger partial charge in [0.25, 0.3) is 0 Å². The third kappa shape index (κ3) is 3.61. The van der Waals surface area contributed by atoms with Gasteiger partial charge in [0, 0.05) is 56.2 Å². The Hall–Kier alpha value is -1.75. The van der Waals surface area contributed by atoms with E-state index in [0.29, 0.717) is 37.5 Å². The maximum Gasteiger partial charge on any atom is 0.222 e. The second-order valence-electron chi connectivity index (χ2n) is 7.10. The minimum absolute atomic E-state index is 0.295. The van der Waals surface area contributed by atoms with Gasteiger partial charge in [0.05, 0.1) is 13.2 Å². The Morgan fingerprint density at radius 3 is 2.68 bits per heavy atom. The van der Waals surface area contributed by atoms with E-state index < -0.39 is 0 Å². The van der Waals surface area contributed by atoms with E-state index in [1.165, 1.54) is 5.56 Å². The first-order chi connectivity index (χ1) is 12.0. The zero-order valence-electron chi connectivity index (χ0n) is 15.9. The van der Waals surface area contributed by atoms with Crippen LogP contribution in [0.15, 0.2) is 12.1 Å². The van der Waals surface area contributed by atoms with Crippen LogP contribution in [0.5, 0.6) is 11.5 Å². The lowest BCUT2D eigenvalue weighted by Crippen LogP contribution is -2.44. The van der Waals surface area contributed by atoms with E-state index in [2.05, 4.69) is 24.0 Å². The number of nitrogens with zero attached hydrogens (tertiary/aromatic N) is 2. The van der Waals surface area contributed by atoms with Gasteiger partial charge in [0.1, 0.15) is 11.5 Å². The van der Waals surface area contributed by atoms with E-state index in [0.717, 1.165) is 43.1 Å². The molecule has 2 saturated heterocycles. The number of piperidine rings is 1. The molecule has 0 aliphatic carbocycles. The third-order valence-electron chi connectivity index (χ3n) is 5.53. The Labute approximate surface area is 150 Å².